The first-order chi connectivity index (χ1) is 15.5. The maximum Gasteiger partial charge on any atom is 0.271 e. The molecule has 2 N–H and O–H groups in total. The largest absolute Gasteiger partial charge is 0.493 e. The summed E-state index contributed by atoms with van der Waals surface area (Å²) in [5.41, 5.74) is 7.88. The zero-order valence-electron chi connectivity index (χ0n) is 18.5. The van der Waals surface area contributed by atoms with Gasteiger partial charge in [-0.2, -0.15) is 0 Å². The number of rotatable bonds is 8. The van der Waals surface area contributed by atoms with Crippen molar-refractivity contribution in [1.29, 1.82) is 0 Å². The number of hydrazine groups is 1. The Morgan fingerprint density at radius 2 is 1.69 bits per heavy atom. The lowest BCUT2D eigenvalue weighted by Gasteiger charge is -2.13. The molecule has 0 aliphatic carbocycles. The van der Waals surface area contributed by atoms with E-state index >= 15 is 0 Å². The molecule has 1 aromatic heterocycles. The van der Waals surface area contributed by atoms with Gasteiger partial charge in [-0.15, -0.1) is 0 Å². The van der Waals surface area contributed by atoms with Crippen molar-refractivity contribution in [3.05, 3.63) is 77.5 Å². The lowest BCUT2D eigenvalue weighted by molar-refractivity contribution is 0.0846. The predicted molar refractivity (Wildman–Crippen MR) is 123 cm³/mol. The third-order valence-electron chi connectivity index (χ3n) is 4.87. The van der Waals surface area contributed by atoms with Gasteiger partial charge in [0.25, 0.3) is 11.8 Å². The summed E-state index contributed by atoms with van der Waals surface area (Å²) in [6, 6.07) is 18.1. The van der Waals surface area contributed by atoms with Crippen molar-refractivity contribution in [2.24, 2.45) is 0 Å². The van der Waals surface area contributed by atoms with E-state index in [2.05, 4.69) is 22.8 Å². The van der Waals surface area contributed by atoms with Crippen LogP contribution >= 0.6 is 0 Å². The molecule has 166 valence electrons. The van der Waals surface area contributed by atoms with Crippen LogP contribution in [0.15, 0.2) is 60.7 Å². The topological polar surface area (TPSA) is 89.6 Å². The number of unbranched alkanes of at least 4 members (excludes halogenated alkanes) is 1. The van der Waals surface area contributed by atoms with E-state index in [-0.39, 0.29) is 0 Å². The van der Waals surface area contributed by atoms with E-state index < -0.39 is 11.8 Å². The Bertz CT molecular complexity index is 1080. The minimum Gasteiger partial charge on any atom is -0.493 e. The minimum absolute atomic E-state index is 0.333. The number of amides is 2. The Labute approximate surface area is 187 Å². The number of ether oxygens (including phenoxy) is 2. The molecule has 0 radical (unpaired) electrons. The Morgan fingerprint density at radius 3 is 2.38 bits per heavy atom. The molecule has 0 aliphatic heterocycles. The van der Waals surface area contributed by atoms with E-state index in [1.807, 2.05) is 30.3 Å². The van der Waals surface area contributed by atoms with Crippen LogP contribution in [0.4, 0.5) is 0 Å². The van der Waals surface area contributed by atoms with Gasteiger partial charge in [-0.25, -0.2) is 0 Å². The molecule has 0 spiro atoms. The molecule has 3 rings (SSSR count). The van der Waals surface area contributed by atoms with E-state index in [1.54, 1.807) is 37.3 Å². The van der Waals surface area contributed by atoms with Gasteiger partial charge in [0.15, 0.2) is 11.5 Å². The number of benzene rings is 2. The lowest BCUT2D eigenvalue weighted by atomic mass is 10.1. The number of aryl methyl sites for hydroxylation is 1. The average Bonchev–Trinajstić information content (AvgIpc) is 2.83. The second kappa shape index (κ2) is 10.9. The maximum atomic E-state index is 12.6. The standard InChI is InChI=1S/C25H27N3O4/c1-4-5-15-32-22-14-11-19(16-23(22)31-3)24(29)27-28-25(30)20-12-13-21(26-17(20)2)18-9-7-6-8-10-18/h6-14,16H,4-5,15H2,1-3H3,(H,27,29)(H,28,30). The van der Waals surface area contributed by atoms with Crippen LogP contribution in [0.1, 0.15) is 46.2 Å². The first-order valence-electron chi connectivity index (χ1n) is 10.5. The molecule has 0 saturated heterocycles. The molecule has 2 aromatic carbocycles. The number of nitrogens with one attached hydrogen (secondary N) is 2. The third-order valence-corrected chi connectivity index (χ3v) is 4.87. The van der Waals surface area contributed by atoms with Crippen molar-refractivity contribution in [3.63, 3.8) is 0 Å². The quantitative estimate of drug-likeness (QED) is 0.408. The minimum atomic E-state index is -0.469. The van der Waals surface area contributed by atoms with Gasteiger partial charge in [0, 0.05) is 11.1 Å². The van der Waals surface area contributed by atoms with Gasteiger partial charge in [0.1, 0.15) is 0 Å². The molecule has 7 heteroatoms. The molecule has 0 unspecified atom stereocenters. The second-order valence-electron chi connectivity index (χ2n) is 7.17. The number of carbonyl (C=O) groups excluding carboxylic acids is 2. The summed E-state index contributed by atoms with van der Waals surface area (Å²) < 4.78 is 11.0. The maximum absolute atomic E-state index is 12.6. The van der Waals surface area contributed by atoms with Crippen LogP contribution in [-0.4, -0.2) is 30.5 Å². The van der Waals surface area contributed by atoms with E-state index in [1.165, 1.54) is 7.11 Å². The lowest BCUT2D eigenvalue weighted by Crippen LogP contribution is -2.42. The molecule has 2 amide bonds. The molecule has 3 aromatic rings. The van der Waals surface area contributed by atoms with Crippen molar-refractivity contribution in [2.75, 3.05) is 13.7 Å². The van der Waals surface area contributed by atoms with Gasteiger partial charge in [-0.05, 0) is 43.7 Å². The SMILES string of the molecule is CCCCOc1ccc(C(=O)NNC(=O)c2ccc(-c3ccccc3)nc2C)cc1OC. The highest BCUT2D eigenvalue weighted by Gasteiger charge is 2.15. The van der Waals surface area contributed by atoms with E-state index in [0.29, 0.717) is 34.9 Å². The zero-order valence-corrected chi connectivity index (χ0v) is 18.5. The number of hydrogen-bond acceptors (Lipinski definition) is 5. The molecule has 0 saturated carbocycles. The average molecular weight is 434 g/mol. The molecular formula is C25H27N3O4. The van der Waals surface area contributed by atoms with Crippen LogP contribution in [0.2, 0.25) is 0 Å². The summed E-state index contributed by atoms with van der Waals surface area (Å²) in [5, 5.41) is 0. The van der Waals surface area contributed by atoms with Crippen molar-refractivity contribution >= 4 is 11.8 Å². The van der Waals surface area contributed by atoms with Crippen molar-refractivity contribution in [2.45, 2.75) is 26.7 Å². The molecule has 32 heavy (non-hydrogen) atoms. The van der Waals surface area contributed by atoms with Gasteiger partial charge in [-0.1, -0.05) is 43.7 Å². The van der Waals surface area contributed by atoms with Gasteiger partial charge >= 0.3 is 0 Å². The smallest absolute Gasteiger partial charge is 0.271 e. The van der Waals surface area contributed by atoms with E-state index in [4.69, 9.17) is 9.47 Å². The van der Waals surface area contributed by atoms with Gasteiger partial charge < -0.3 is 9.47 Å². The summed E-state index contributed by atoms with van der Waals surface area (Å²) in [7, 11) is 1.51. The highest BCUT2D eigenvalue weighted by atomic mass is 16.5. The summed E-state index contributed by atoms with van der Waals surface area (Å²) >= 11 is 0. The number of pyridine rings is 1. The molecule has 0 aliphatic rings. The van der Waals surface area contributed by atoms with Gasteiger partial charge in [0.05, 0.1) is 30.7 Å². The molecule has 0 bridgehead atoms. The normalized spacial score (nSPS) is 10.3. The van der Waals surface area contributed by atoms with Crippen LogP contribution in [0.5, 0.6) is 11.5 Å². The molecule has 1 heterocycles. The monoisotopic (exact) mass is 433 g/mol. The van der Waals surface area contributed by atoms with Crippen molar-refractivity contribution in [1.82, 2.24) is 15.8 Å². The number of nitrogens with zero attached hydrogens (tertiary/aromatic N) is 1. The van der Waals surface area contributed by atoms with Gasteiger partial charge in [-0.3, -0.25) is 25.4 Å². The summed E-state index contributed by atoms with van der Waals surface area (Å²) in [5.74, 6) is 0.107. The fourth-order valence-corrected chi connectivity index (χ4v) is 3.08. The number of methoxy groups -OCH3 is 1. The molecule has 7 nitrogen and oxygen atoms in total. The summed E-state index contributed by atoms with van der Waals surface area (Å²) in [6.45, 7) is 4.41. The zero-order chi connectivity index (χ0) is 22.9. The molecule has 0 atom stereocenters. The van der Waals surface area contributed by atoms with E-state index in [0.717, 1.165) is 24.1 Å². The van der Waals surface area contributed by atoms with Crippen LogP contribution in [-0.2, 0) is 0 Å². The summed E-state index contributed by atoms with van der Waals surface area (Å²) in [4.78, 5) is 29.6. The Balaban J connectivity index is 1.64. The molecule has 0 fully saturated rings. The van der Waals surface area contributed by atoms with E-state index in [9.17, 15) is 9.59 Å². The predicted octanol–water partition coefficient (Wildman–Crippen LogP) is 4.32. The Kier molecular flexibility index (Phi) is 7.80. The van der Waals surface area contributed by atoms with Gasteiger partial charge in [0.2, 0.25) is 0 Å². The van der Waals surface area contributed by atoms with Crippen LogP contribution in [0.3, 0.4) is 0 Å². The fraction of sp³-hybridized carbons (Fsp3) is 0.240. The number of carbonyl (C=O) groups is 2. The first kappa shape index (κ1) is 22.8. The van der Waals surface area contributed by atoms with Crippen molar-refractivity contribution in [3.8, 4) is 22.8 Å². The highest BCUT2D eigenvalue weighted by molar-refractivity contribution is 6.00. The molecular weight excluding hydrogens is 406 g/mol. The third kappa shape index (κ3) is 5.63. The summed E-state index contributed by atoms with van der Waals surface area (Å²) in [6.07, 6.45) is 1.95. The number of hydrogen-bond donors (Lipinski definition) is 2. The van der Waals surface area contributed by atoms with Crippen LogP contribution in [0.25, 0.3) is 11.3 Å². The Hall–Kier alpha value is -3.87. The Morgan fingerprint density at radius 1 is 0.938 bits per heavy atom. The fourth-order valence-electron chi connectivity index (χ4n) is 3.08. The van der Waals surface area contributed by atoms with Crippen molar-refractivity contribution < 1.29 is 19.1 Å². The highest BCUT2D eigenvalue weighted by Crippen LogP contribution is 2.28. The second-order valence-corrected chi connectivity index (χ2v) is 7.17. The number of aromatic nitrogens is 1. The van der Waals surface area contributed by atoms with Crippen LogP contribution < -0.4 is 20.3 Å². The van der Waals surface area contributed by atoms with Crippen LogP contribution in [0, 0.1) is 6.92 Å². The first-order valence-corrected chi connectivity index (χ1v) is 10.5.